The van der Waals surface area contributed by atoms with Crippen molar-refractivity contribution < 1.29 is 37.1 Å². The van der Waals surface area contributed by atoms with Crippen LogP contribution in [0.5, 0.6) is 0 Å². The van der Waals surface area contributed by atoms with Crippen molar-refractivity contribution >= 4 is 35.5 Å². The third-order valence-corrected chi connectivity index (χ3v) is 3.40. The van der Waals surface area contributed by atoms with E-state index in [0.717, 1.165) is 6.07 Å². The van der Waals surface area contributed by atoms with Gasteiger partial charge < -0.3 is 10.4 Å². The molecule has 0 radical (unpaired) electrons. The summed E-state index contributed by atoms with van der Waals surface area (Å²) in [4.78, 5) is 34.4. The monoisotopic (exact) mass is 354 g/mol. The number of amides is 3. The van der Waals surface area contributed by atoms with Crippen molar-refractivity contribution in [2.45, 2.75) is 18.3 Å². The van der Waals surface area contributed by atoms with E-state index in [-0.39, 0.29) is 21.8 Å². The summed E-state index contributed by atoms with van der Waals surface area (Å²) in [5.41, 5.74) is -4.79. The van der Waals surface area contributed by atoms with E-state index in [4.69, 9.17) is 11.6 Å². The zero-order valence-electron chi connectivity index (χ0n) is 10.9. The van der Waals surface area contributed by atoms with Crippen molar-refractivity contribution in [2.75, 3.05) is 4.90 Å². The number of rotatable bonds is 2. The molecule has 6 nitrogen and oxygen atoms in total. The molecule has 1 aromatic rings. The number of aliphatic hydroxyl groups is 1. The van der Waals surface area contributed by atoms with Crippen molar-refractivity contribution in [3.05, 3.63) is 28.5 Å². The molecular weight excluding hydrogens is 348 g/mol. The number of urea groups is 1. The highest BCUT2D eigenvalue weighted by atomic mass is 35.5. The maximum atomic E-state index is 13.9. The number of hydrogen-bond acceptors (Lipinski definition) is 4. The Bertz CT molecular complexity index is 689. The lowest BCUT2D eigenvalue weighted by Gasteiger charge is -2.38. The normalized spacial score (nSPS) is 22.1. The standard InChI is InChI=1S/C12H7ClF4N2O4/c13-6-2-7(14)8(1-5(6)4-20)19-9(21)3-11(23,12(15,16)17)18-10(19)22/h1-2,4,23H,3H2,(H,18,22). The summed E-state index contributed by atoms with van der Waals surface area (Å²) in [7, 11) is 0. The van der Waals surface area contributed by atoms with Gasteiger partial charge in [-0.05, 0) is 12.1 Å². The van der Waals surface area contributed by atoms with E-state index in [9.17, 15) is 37.1 Å². The van der Waals surface area contributed by atoms with Gasteiger partial charge in [-0.2, -0.15) is 13.2 Å². The van der Waals surface area contributed by atoms with Gasteiger partial charge in [-0.15, -0.1) is 0 Å². The predicted molar refractivity (Wildman–Crippen MR) is 68.4 cm³/mol. The predicted octanol–water partition coefficient (Wildman–Crippen LogP) is 1.99. The van der Waals surface area contributed by atoms with Crippen LogP contribution in [-0.4, -0.2) is 35.2 Å². The van der Waals surface area contributed by atoms with Crippen LogP contribution in [-0.2, 0) is 4.79 Å². The van der Waals surface area contributed by atoms with Crippen LogP contribution in [0.25, 0.3) is 0 Å². The Kier molecular flexibility index (Phi) is 4.07. The van der Waals surface area contributed by atoms with Gasteiger partial charge in [0.25, 0.3) is 0 Å². The lowest BCUT2D eigenvalue weighted by atomic mass is 10.0. The first-order valence-corrected chi connectivity index (χ1v) is 6.26. The molecule has 1 atom stereocenters. The largest absolute Gasteiger partial charge is 0.437 e. The molecule has 1 fully saturated rings. The quantitative estimate of drug-likeness (QED) is 0.628. The highest BCUT2D eigenvalue weighted by Crippen LogP contribution is 2.36. The summed E-state index contributed by atoms with van der Waals surface area (Å²) < 4.78 is 51.9. The number of imide groups is 1. The molecule has 124 valence electrons. The van der Waals surface area contributed by atoms with Crippen molar-refractivity contribution in [3.63, 3.8) is 0 Å². The number of alkyl halides is 3. The van der Waals surface area contributed by atoms with E-state index in [2.05, 4.69) is 0 Å². The van der Waals surface area contributed by atoms with Gasteiger partial charge in [-0.1, -0.05) is 11.6 Å². The van der Waals surface area contributed by atoms with E-state index in [0.29, 0.717) is 6.07 Å². The van der Waals surface area contributed by atoms with E-state index < -0.39 is 41.8 Å². The second-order valence-electron chi connectivity index (χ2n) is 4.64. The second-order valence-corrected chi connectivity index (χ2v) is 5.04. The van der Waals surface area contributed by atoms with Crippen LogP contribution in [0.15, 0.2) is 12.1 Å². The van der Waals surface area contributed by atoms with Crippen LogP contribution in [0.4, 0.5) is 28.0 Å². The van der Waals surface area contributed by atoms with Crippen LogP contribution < -0.4 is 10.2 Å². The molecule has 2 N–H and O–H groups in total. The molecule has 0 aromatic heterocycles. The Hall–Kier alpha value is -2.20. The Labute approximate surface area is 130 Å². The summed E-state index contributed by atoms with van der Waals surface area (Å²) in [6, 6.07) is -0.328. The number of aldehydes is 1. The third-order valence-electron chi connectivity index (χ3n) is 3.08. The van der Waals surface area contributed by atoms with Gasteiger partial charge >= 0.3 is 12.2 Å². The van der Waals surface area contributed by atoms with E-state index in [1.165, 1.54) is 5.32 Å². The second kappa shape index (κ2) is 5.46. The van der Waals surface area contributed by atoms with Gasteiger partial charge in [0.1, 0.15) is 5.82 Å². The zero-order chi connectivity index (χ0) is 17.6. The summed E-state index contributed by atoms with van der Waals surface area (Å²) in [6.45, 7) is 0. The van der Waals surface area contributed by atoms with E-state index in [1.54, 1.807) is 0 Å². The summed E-state index contributed by atoms with van der Waals surface area (Å²) in [5, 5.41) is 10.2. The third kappa shape index (κ3) is 2.86. The molecule has 1 aromatic carbocycles. The molecule has 1 heterocycles. The molecular formula is C12H7ClF4N2O4. The smallest absolute Gasteiger partial charge is 0.363 e. The van der Waals surface area contributed by atoms with Gasteiger partial charge in [-0.3, -0.25) is 9.59 Å². The van der Waals surface area contributed by atoms with Gasteiger partial charge in [0.05, 0.1) is 17.1 Å². The number of nitrogens with zero attached hydrogens (tertiary/aromatic N) is 1. The number of carbonyl (C=O) groups excluding carboxylic acids is 3. The number of benzene rings is 1. The van der Waals surface area contributed by atoms with Crippen LogP contribution in [0.2, 0.25) is 5.02 Å². The molecule has 0 bridgehead atoms. The highest BCUT2D eigenvalue weighted by molar-refractivity contribution is 6.33. The molecule has 0 spiro atoms. The van der Waals surface area contributed by atoms with Crippen molar-refractivity contribution in [3.8, 4) is 0 Å². The molecule has 0 aliphatic carbocycles. The average molecular weight is 355 g/mol. The van der Waals surface area contributed by atoms with Crippen LogP contribution >= 0.6 is 11.6 Å². The minimum Gasteiger partial charge on any atom is -0.363 e. The summed E-state index contributed by atoms with van der Waals surface area (Å²) in [5.74, 6) is -2.71. The van der Waals surface area contributed by atoms with Gasteiger partial charge in [0.2, 0.25) is 11.6 Å². The fraction of sp³-hybridized carbons (Fsp3) is 0.250. The first-order valence-electron chi connectivity index (χ1n) is 5.88. The van der Waals surface area contributed by atoms with Gasteiger partial charge in [0.15, 0.2) is 6.29 Å². The number of anilines is 1. The van der Waals surface area contributed by atoms with Crippen molar-refractivity contribution in [1.82, 2.24) is 5.32 Å². The minimum atomic E-state index is -5.31. The summed E-state index contributed by atoms with van der Waals surface area (Å²) >= 11 is 5.55. The Morgan fingerprint density at radius 3 is 2.43 bits per heavy atom. The van der Waals surface area contributed by atoms with Crippen molar-refractivity contribution in [1.29, 1.82) is 0 Å². The number of hydrogen-bond donors (Lipinski definition) is 2. The molecule has 1 aliphatic rings. The molecule has 23 heavy (non-hydrogen) atoms. The minimum absolute atomic E-state index is 0.0544. The van der Waals surface area contributed by atoms with Crippen molar-refractivity contribution in [2.24, 2.45) is 0 Å². The first kappa shape index (κ1) is 17.2. The number of halogens is 5. The Balaban J connectivity index is 2.46. The molecule has 1 aliphatic heterocycles. The van der Waals surface area contributed by atoms with Crippen LogP contribution in [0, 0.1) is 5.82 Å². The summed E-state index contributed by atoms with van der Waals surface area (Å²) in [6.07, 6.45) is -6.65. The maximum absolute atomic E-state index is 13.9. The lowest BCUT2D eigenvalue weighted by Crippen LogP contribution is -2.68. The molecule has 0 saturated carbocycles. The van der Waals surface area contributed by atoms with Gasteiger partial charge in [-0.25, -0.2) is 14.1 Å². The topological polar surface area (TPSA) is 86.7 Å². The molecule has 1 unspecified atom stereocenters. The van der Waals surface area contributed by atoms with Gasteiger partial charge in [0, 0.05) is 5.56 Å². The molecule has 11 heteroatoms. The van der Waals surface area contributed by atoms with Crippen LogP contribution in [0.1, 0.15) is 16.8 Å². The Morgan fingerprint density at radius 2 is 1.96 bits per heavy atom. The highest BCUT2D eigenvalue weighted by Gasteiger charge is 2.60. The number of nitrogens with one attached hydrogen (secondary N) is 1. The van der Waals surface area contributed by atoms with E-state index >= 15 is 0 Å². The number of carbonyl (C=O) groups is 3. The average Bonchev–Trinajstić information content (AvgIpc) is 2.38. The fourth-order valence-corrected chi connectivity index (χ4v) is 2.11. The Morgan fingerprint density at radius 1 is 1.35 bits per heavy atom. The molecule has 1 saturated heterocycles. The van der Waals surface area contributed by atoms with Crippen LogP contribution in [0.3, 0.4) is 0 Å². The zero-order valence-corrected chi connectivity index (χ0v) is 11.7. The maximum Gasteiger partial charge on any atom is 0.437 e. The molecule has 3 amide bonds. The van der Waals surface area contributed by atoms with E-state index in [1.807, 2.05) is 0 Å². The fourth-order valence-electron chi connectivity index (χ4n) is 1.92. The first-order chi connectivity index (χ1) is 10.5. The SMILES string of the molecule is O=Cc1cc(N2C(=O)CC(O)(C(F)(F)F)NC2=O)c(F)cc1Cl. The lowest BCUT2D eigenvalue weighted by molar-refractivity contribution is -0.269. The molecule has 2 rings (SSSR count).